The number of aldehydes is 1. The fourth-order valence-corrected chi connectivity index (χ4v) is 0.910. The molecule has 0 unspecified atom stereocenters. The summed E-state index contributed by atoms with van der Waals surface area (Å²) in [5.74, 6) is -0.156. The van der Waals surface area contributed by atoms with Gasteiger partial charge in [0.15, 0.2) is 6.29 Å². The third-order valence-corrected chi connectivity index (χ3v) is 1.65. The Balaban J connectivity index is -0.000000167. The van der Waals surface area contributed by atoms with E-state index in [4.69, 9.17) is 82.1 Å². The normalized spacial score (nSPS) is 11.1. The molecule has 1 heterocycles. The number of nitrogens with zero attached hydrogens (tertiary/aromatic N) is 1. The summed E-state index contributed by atoms with van der Waals surface area (Å²) >= 11 is 0. The van der Waals surface area contributed by atoms with Crippen molar-refractivity contribution in [3.63, 3.8) is 0 Å². The first-order valence-electron chi connectivity index (χ1n) is 6.57. The quantitative estimate of drug-likeness (QED) is 0.124. The van der Waals surface area contributed by atoms with E-state index in [0.29, 0.717) is 17.5 Å². The van der Waals surface area contributed by atoms with E-state index in [1.807, 2.05) is 0 Å². The number of hydrogen-bond acceptors (Lipinski definition) is 8. The Morgan fingerprint density at radius 3 is 1.19 bits per heavy atom. The maximum absolute atomic E-state index is 10.5. The summed E-state index contributed by atoms with van der Waals surface area (Å²) in [4.78, 5) is 100. The van der Waals surface area contributed by atoms with Crippen molar-refractivity contribution in [1.29, 1.82) is 0 Å². The van der Waals surface area contributed by atoms with E-state index in [1.54, 1.807) is 6.92 Å². The average Bonchev–Trinajstić information content (AvgIpc) is 2.43. The van der Waals surface area contributed by atoms with E-state index in [9.17, 15) is 9.90 Å². The molecular formula is C8H21NO19P4. The smallest absolute Gasteiger partial charge is 0.466 e. The second kappa shape index (κ2) is 16.6. The molecule has 0 aliphatic carbocycles. The van der Waals surface area contributed by atoms with E-state index in [2.05, 4.69) is 4.98 Å². The molecule has 0 aromatic carbocycles. The molecule has 0 spiro atoms. The van der Waals surface area contributed by atoms with Gasteiger partial charge in [-0.05, 0) is 6.92 Å². The largest absolute Gasteiger partial charge is 0.505 e. The maximum Gasteiger partial charge on any atom is 0.466 e. The van der Waals surface area contributed by atoms with Gasteiger partial charge in [0.25, 0.3) is 0 Å². The summed E-state index contributed by atoms with van der Waals surface area (Å²) in [6.45, 7) is 1.29. The van der Waals surface area contributed by atoms with E-state index < -0.39 is 31.3 Å². The molecule has 0 bridgehead atoms. The first-order valence-corrected chi connectivity index (χ1v) is 12.8. The molecule has 0 saturated heterocycles. The van der Waals surface area contributed by atoms with Crippen molar-refractivity contribution < 1.29 is 92.0 Å². The van der Waals surface area contributed by atoms with E-state index in [0.717, 1.165) is 0 Å². The Hall–Kier alpha value is -0.980. The van der Waals surface area contributed by atoms with Crippen LogP contribution in [0.2, 0.25) is 0 Å². The predicted molar refractivity (Wildman–Crippen MR) is 99.0 cm³/mol. The van der Waals surface area contributed by atoms with Crippen molar-refractivity contribution in [1.82, 2.24) is 4.98 Å². The Morgan fingerprint density at radius 1 is 0.750 bits per heavy atom. The van der Waals surface area contributed by atoms with Gasteiger partial charge in [-0.15, -0.1) is 0 Å². The number of carbonyl (C=O) groups is 1. The molecule has 1 rings (SSSR count). The van der Waals surface area contributed by atoms with Crippen LogP contribution in [0.4, 0.5) is 0 Å². The zero-order chi connectivity index (χ0) is 27.1. The van der Waals surface area contributed by atoms with Crippen molar-refractivity contribution >= 4 is 37.6 Å². The molecule has 1 aromatic rings. The van der Waals surface area contributed by atoms with Gasteiger partial charge in [0.2, 0.25) is 0 Å². The number of aliphatic hydroxyl groups excluding tert-OH is 1. The van der Waals surface area contributed by atoms with Gasteiger partial charge < -0.3 is 68.9 Å². The minimum absolute atomic E-state index is 0.116. The summed E-state index contributed by atoms with van der Waals surface area (Å²) in [6.07, 6.45) is 1.88. The lowest BCUT2D eigenvalue weighted by atomic mass is 10.1. The Kier molecular flexibility index (Phi) is 19.9. The first kappa shape index (κ1) is 38.3. The van der Waals surface area contributed by atoms with Crippen LogP contribution in [0.3, 0.4) is 0 Å². The molecule has 0 radical (unpaired) electrons. The van der Waals surface area contributed by atoms with Gasteiger partial charge in [-0.25, -0.2) is 18.3 Å². The van der Waals surface area contributed by atoms with E-state index >= 15 is 0 Å². The number of pyridine rings is 1. The molecule has 0 amide bonds. The van der Waals surface area contributed by atoms with Crippen LogP contribution in [0.25, 0.3) is 0 Å². The molecule has 24 heteroatoms. The van der Waals surface area contributed by atoms with Crippen molar-refractivity contribution in [2.24, 2.45) is 0 Å². The molecule has 192 valence electrons. The van der Waals surface area contributed by atoms with Crippen LogP contribution in [-0.4, -0.2) is 80.2 Å². The van der Waals surface area contributed by atoms with Gasteiger partial charge in [-0.3, -0.25) is 9.78 Å². The fourth-order valence-electron chi connectivity index (χ4n) is 0.910. The number of aromatic nitrogens is 1. The number of rotatable bonds is 2. The van der Waals surface area contributed by atoms with Crippen LogP contribution in [0.1, 0.15) is 21.6 Å². The Bertz CT molecular complexity index is 749. The van der Waals surface area contributed by atoms with Crippen LogP contribution in [0.15, 0.2) is 6.20 Å². The Morgan fingerprint density at radius 2 is 1.00 bits per heavy atom. The molecule has 0 saturated carbocycles. The highest BCUT2D eigenvalue weighted by Gasteiger charge is 2.09. The van der Waals surface area contributed by atoms with Gasteiger partial charge in [0.1, 0.15) is 5.75 Å². The third kappa shape index (κ3) is 56.8. The molecule has 14 N–H and O–H groups in total. The van der Waals surface area contributed by atoms with Gasteiger partial charge in [0, 0.05) is 11.8 Å². The number of aryl methyl sites for hydroxylation is 1. The van der Waals surface area contributed by atoms with Crippen LogP contribution < -0.4 is 0 Å². The number of aliphatic hydroxyl groups is 1. The number of hydrogen-bond donors (Lipinski definition) is 14. The lowest BCUT2D eigenvalue weighted by Gasteiger charge is -2.04. The van der Waals surface area contributed by atoms with E-state index in [1.165, 1.54) is 6.20 Å². The highest BCUT2D eigenvalue weighted by atomic mass is 31.2. The molecule has 0 atom stereocenters. The molecular weight excluding hydrogens is 538 g/mol. The van der Waals surface area contributed by atoms with Crippen molar-refractivity contribution in [2.75, 3.05) is 0 Å². The van der Waals surface area contributed by atoms with Crippen LogP contribution >= 0.6 is 31.3 Å². The van der Waals surface area contributed by atoms with E-state index in [-0.39, 0.29) is 17.9 Å². The topological polar surface area (TPSA) is 381 Å². The van der Waals surface area contributed by atoms with Gasteiger partial charge in [-0.1, -0.05) is 0 Å². The lowest BCUT2D eigenvalue weighted by Crippen LogP contribution is -1.96. The summed E-state index contributed by atoms with van der Waals surface area (Å²) in [5, 5.41) is 18.1. The molecule has 0 aliphatic rings. The zero-order valence-electron chi connectivity index (χ0n) is 15.4. The third-order valence-electron chi connectivity index (χ3n) is 1.65. The summed E-state index contributed by atoms with van der Waals surface area (Å²) in [7, 11) is -18.6. The number of phosphoric acid groups is 4. The SMILES string of the molecule is Cc1ncc(CO)c(C=O)c1O.O=P(O)(O)O.O=P(O)(O)O.O=P(O)(O)O.O=P(O)(O)O. The second-order valence-electron chi connectivity index (χ2n) is 4.46. The maximum atomic E-state index is 10.5. The monoisotopic (exact) mass is 559 g/mol. The number of carbonyl (C=O) groups excluding carboxylic acids is 1. The van der Waals surface area contributed by atoms with Crippen molar-refractivity contribution in [2.45, 2.75) is 13.5 Å². The summed E-state index contributed by atoms with van der Waals surface area (Å²) < 4.78 is 35.5. The van der Waals surface area contributed by atoms with Crippen LogP contribution in [0, 0.1) is 6.92 Å². The molecule has 20 nitrogen and oxygen atoms in total. The second-order valence-corrected chi connectivity index (χ2v) is 8.57. The molecule has 32 heavy (non-hydrogen) atoms. The fraction of sp³-hybridized carbons (Fsp3) is 0.250. The average molecular weight is 559 g/mol. The minimum atomic E-state index is -4.64. The standard InChI is InChI=1S/C8H9NO3.4H3O4P/c1-5-8(12)7(4-11)6(3-10)2-9-5;4*1-5(2,3)4/h2,4,10,12H,3H2,1H3;4*(H3,1,2,3,4). The van der Waals surface area contributed by atoms with Crippen molar-refractivity contribution in [3.05, 3.63) is 23.0 Å². The van der Waals surface area contributed by atoms with Crippen LogP contribution in [-0.2, 0) is 24.9 Å². The molecule has 0 aliphatic heterocycles. The molecule has 1 aromatic heterocycles. The highest BCUT2D eigenvalue weighted by Crippen LogP contribution is 2.27. The minimum Gasteiger partial charge on any atom is -0.505 e. The lowest BCUT2D eigenvalue weighted by molar-refractivity contribution is 0.111. The van der Waals surface area contributed by atoms with Crippen molar-refractivity contribution in [3.8, 4) is 5.75 Å². The van der Waals surface area contributed by atoms with Gasteiger partial charge in [0.05, 0.1) is 17.9 Å². The summed E-state index contributed by atoms with van der Waals surface area (Å²) in [6, 6.07) is 0. The highest BCUT2D eigenvalue weighted by molar-refractivity contribution is 7.45. The van der Waals surface area contributed by atoms with Gasteiger partial charge >= 0.3 is 31.3 Å². The number of aromatic hydroxyl groups is 1. The zero-order valence-corrected chi connectivity index (χ0v) is 19.0. The Labute approximate surface area is 177 Å². The summed E-state index contributed by atoms with van der Waals surface area (Å²) in [5.41, 5.74) is 0.840. The van der Waals surface area contributed by atoms with Crippen LogP contribution in [0.5, 0.6) is 5.75 Å². The van der Waals surface area contributed by atoms with Gasteiger partial charge in [-0.2, -0.15) is 0 Å². The predicted octanol–water partition coefficient (Wildman–Crippen LogP) is -3.31. The molecule has 0 fully saturated rings. The first-order chi connectivity index (χ1) is 13.7.